The number of fused-ring (bicyclic) bond motifs is 1. The van der Waals surface area contributed by atoms with E-state index in [0.29, 0.717) is 6.04 Å². The molecule has 3 aliphatic heterocycles. The third kappa shape index (κ3) is 3.79. The highest BCUT2D eigenvalue weighted by Crippen LogP contribution is 2.34. The van der Waals surface area contributed by atoms with Crippen LogP contribution in [-0.2, 0) is 16.1 Å². The number of piperidine rings is 1. The fourth-order valence-corrected chi connectivity index (χ4v) is 5.51. The van der Waals surface area contributed by atoms with Crippen LogP contribution in [0.25, 0.3) is 0 Å². The van der Waals surface area contributed by atoms with E-state index in [1.54, 1.807) is 0 Å². The highest BCUT2D eigenvalue weighted by molar-refractivity contribution is 7.11. The molecule has 4 nitrogen and oxygen atoms in total. The number of hydrogen-bond donors (Lipinski definition) is 0. The Bertz CT molecular complexity index is 609. The summed E-state index contributed by atoms with van der Waals surface area (Å²) in [6.45, 7) is 8.41. The molecule has 1 aromatic rings. The maximum atomic E-state index is 12.8. The SMILES string of the molecule is Cc1ccc(CN2CC[C@@H]3O[C@H](C(=O)N4CCC(C)CC4)CC[C@@H]32)s1. The first kappa shape index (κ1) is 17.5. The highest BCUT2D eigenvalue weighted by Gasteiger charge is 2.42. The van der Waals surface area contributed by atoms with Gasteiger partial charge in [-0.3, -0.25) is 9.69 Å². The summed E-state index contributed by atoms with van der Waals surface area (Å²) >= 11 is 1.90. The molecule has 0 aromatic carbocycles. The number of nitrogens with zero attached hydrogens (tertiary/aromatic N) is 2. The van der Waals surface area contributed by atoms with Gasteiger partial charge in [0.05, 0.1) is 6.10 Å². The molecule has 1 aromatic heterocycles. The number of likely N-dealkylation sites (tertiary alicyclic amines) is 2. The molecule has 4 rings (SSSR count). The second kappa shape index (κ2) is 7.37. The molecule has 0 unspecified atom stereocenters. The summed E-state index contributed by atoms with van der Waals surface area (Å²) in [6, 6.07) is 4.95. The van der Waals surface area contributed by atoms with Crippen molar-refractivity contribution in [3.8, 4) is 0 Å². The first-order valence-corrected chi connectivity index (χ1v) is 10.7. The van der Waals surface area contributed by atoms with E-state index < -0.39 is 0 Å². The second-order valence-electron chi connectivity index (χ2n) is 8.09. The van der Waals surface area contributed by atoms with Crippen molar-refractivity contribution in [2.75, 3.05) is 19.6 Å². The third-order valence-corrected chi connectivity index (χ3v) is 7.17. The van der Waals surface area contributed by atoms with Gasteiger partial charge >= 0.3 is 0 Å². The zero-order valence-electron chi connectivity index (χ0n) is 15.4. The lowest BCUT2D eigenvalue weighted by Gasteiger charge is -2.38. The molecule has 3 aliphatic rings. The minimum Gasteiger partial charge on any atom is -0.363 e. The van der Waals surface area contributed by atoms with Gasteiger partial charge in [0.15, 0.2) is 0 Å². The molecule has 3 saturated heterocycles. The highest BCUT2D eigenvalue weighted by atomic mass is 32.1. The van der Waals surface area contributed by atoms with Crippen LogP contribution >= 0.6 is 11.3 Å². The molecular formula is C20H30N2O2S. The van der Waals surface area contributed by atoms with E-state index in [2.05, 4.69) is 30.9 Å². The van der Waals surface area contributed by atoms with Gasteiger partial charge in [-0.25, -0.2) is 0 Å². The van der Waals surface area contributed by atoms with Crippen molar-refractivity contribution in [1.29, 1.82) is 0 Å². The summed E-state index contributed by atoms with van der Waals surface area (Å²) in [7, 11) is 0. The Morgan fingerprint density at radius 3 is 2.68 bits per heavy atom. The molecule has 138 valence electrons. The fourth-order valence-electron chi connectivity index (χ4n) is 4.60. The fraction of sp³-hybridized carbons (Fsp3) is 0.750. The summed E-state index contributed by atoms with van der Waals surface area (Å²) in [4.78, 5) is 20.3. The van der Waals surface area contributed by atoms with Crippen molar-refractivity contribution < 1.29 is 9.53 Å². The normalized spacial score (nSPS) is 31.3. The smallest absolute Gasteiger partial charge is 0.251 e. The van der Waals surface area contributed by atoms with Gasteiger partial charge in [-0.1, -0.05) is 6.92 Å². The van der Waals surface area contributed by atoms with Crippen LogP contribution in [0.3, 0.4) is 0 Å². The Morgan fingerprint density at radius 2 is 1.96 bits per heavy atom. The number of ether oxygens (including phenoxy) is 1. The van der Waals surface area contributed by atoms with E-state index in [9.17, 15) is 4.79 Å². The molecule has 0 bridgehead atoms. The van der Waals surface area contributed by atoms with Crippen molar-refractivity contribution in [2.45, 2.75) is 70.7 Å². The van der Waals surface area contributed by atoms with Crippen LogP contribution in [0.4, 0.5) is 0 Å². The van der Waals surface area contributed by atoms with Gasteiger partial charge in [0, 0.05) is 42.0 Å². The van der Waals surface area contributed by atoms with E-state index >= 15 is 0 Å². The van der Waals surface area contributed by atoms with Crippen molar-refractivity contribution in [3.05, 3.63) is 21.9 Å². The Hall–Kier alpha value is -0.910. The van der Waals surface area contributed by atoms with Crippen LogP contribution in [0.1, 0.15) is 48.8 Å². The van der Waals surface area contributed by atoms with Gasteiger partial charge in [-0.2, -0.15) is 0 Å². The lowest BCUT2D eigenvalue weighted by Crippen LogP contribution is -2.50. The minimum atomic E-state index is -0.196. The standard InChI is InChI=1S/C20H30N2O2S/c1-14-7-10-21(11-8-14)20(23)19-6-5-17-18(24-19)9-12-22(17)13-16-4-3-15(2)25-16/h3-4,14,17-19H,5-13H2,1-2H3/t17-,18-,19-/m0/s1. The van der Waals surface area contributed by atoms with Gasteiger partial charge in [0.25, 0.3) is 5.91 Å². The molecule has 0 N–H and O–H groups in total. The average Bonchev–Trinajstić information content (AvgIpc) is 3.21. The van der Waals surface area contributed by atoms with Crippen molar-refractivity contribution in [2.24, 2.45) is 5.92 Å². The third-order valence-electron chi connectivity index (χ3n) is 6.19. The topological polar surface area (TPSA) is 32.8 Å². The molecule has 3 fully saturated rings. The lowest BCUT2D eigenvalue weighted by atomic mass is 9.96. The van der Waals surface area contributed by atoms with Crippen LogP contribution in [0.2, 0.25) is 0 Å². The summed E-state index contributed by atoms with van der Waals surface area (Å²) in [5.74, 6) is 1.00. The lowest BCUT2D eigenvalue weighted by molar-refractivity contribution is -0.155. The molecular weight excluding hydrogens is 332 g/mol. The maximum absolute atomic E-state index is 12.8. The number of hydrogen-bond acceptors (Lipinski definition) is 4. The summed E-state index contributed by atoms with van der Waals surface area (Å²) in [6.07, 6.45) is 5.36. The zero-order valence-corrected chi connectivity index (χ0v) is 16.3. The Kier molecular flexibility index (Phi) is 5.16. The van der Waals surface area contributed by atoms with Crippen LogP contribution in [0, 0.1) is 12.8 Å². The summed E-state index contributed by atoms with van der Waals surface area (Å²) in [5.41, 5.74) is 0. The van der Waals surface area contributed by atoms with Crippen molar-refractivity contribution >= 4 is 17.2 Å². The predicted octanol–water partition coefficient (Wildman–Crippen LogP) is 3.44. The molecule has 0 aliphatic carbocycles. The molecule has 25 heavy (non-hydrogen) atoms. The quantitative estimate of drug-likeness (QED) is 0.826. The van der Waals surface area contributed by atoms with E-state index in [-0.39, 0.29) is 18.1 Å². The van der Waals surface area contributed by atoms with Crippen molar-refractivity contribution in [1.82, 2.24) is 9.80 Å². The van der Waals surface area contributed by atoms with E-state index in [1.165, 1.54) is 9.75 Å². The van der Waals surface area contributed by atoms with Gasteiger partial charge in [0.2, 0.25) is 0 Å². The maximum Gasteiger partial charge on any atom is 0.251 e. The van der Waals surface area contributed by atoms with Crippen LogP contribution < -0.4 is 0 Å². The Morgan fingerprint density at radius 1 is 1.16 bits per heavy atom. The largest absolute Gasteiger partial charge is 0.363 e. The average molecular weight is 363 g/mol. The summed E-state index contributed by atoms with van der Waals surface area (Å²) < 4.78 is 6.30. The minimum absolute atomic E-state index is 0.196. The molecule has 0 spiro atoms. The summed E-state index contributed by atoms with van der Waals surface area (Å²) in [5, 5.41) is 0. The molecule has 4 heterocycles. The van der Waals surface area contributed by atoms with E-state index in [4.69, 9.17) is 4.74 Å². The predicted molar refractivity (Wildman–Crippen MR) is 101 cm³/mol. The van der Waals surface area contributed by atoms with Crippen molar-refractivity contribution in [3.63, 3.8) is 0 Å². The number of aryl methyl sites for hydroxylation is 1. The second-order valence-corrected chi connectivity index (χ2v) is 9.46. The first-order valence-electron chi connectivity index (χ1n) is 9.84. The van der Waals surface area contributed by atoms with Gasteiger partial charge < -0.3 is 9.64 Å². The number of amides is 1. The van der Waals surface area contributed by atoms with Gasteiger partial charge in [-0.05, 0) is 57.1 Å². The molecule has 3 atom stereocenters. The number of carbonyl (C=O) groups is 1. The van der Waals surface area contributed by atoms with Crippen LogP contribution in [0.15, 0.2) is 12.1 Å². The monoisotopic (exact) mass is 362 g/mol. The Balaban J connectivity index is 1.33. The molecule has 1 amide bonds. The molecule has 5 heteroatoms. The number of rotatable bonds is 3. The van der Waals surface area contributed by atoms with Crippen LogP contribution in [-0.4, -0.2) is 53.6 Å². The van der Waals surface area contributed by atoms with Crippen LogP contribution in [0.5, 0.6) is 0 Å². The van der Waals surface area contributed by atoms with E-state index in [0.717, 1.165) is 64.2 Å². The molecule has 0 saturated carbocycles. The molecule has 0 radical (unpaired) electrons. The van der Waals surface area contributed by atoms with E-state index in [1.807, 2.05) is 16.2 Å². The Labute approximate surface area is 155 Å². The zero-order chi connectivity index (χ0) is 17.4. The van der Waals surface area contributed by atoms with Gasteiger partial charge in [0.1, 0.15) is 6.10 Å². The number of carbonyl (C=O) groups excluding carboxylic acids is 1. The van der Waals surface area contributed by atoms with Gasteiger partial charge in [-0.15, -0.1) is 11.3 Å². The first-order chi connectivity index (χ1) is 12.1. The number of thiophene rings is 1.